The van der Waals surface area contributed by atoms with Crippen LogP contribution < -0.4 is 0 Å². The fourth-order valence-corrected chi connectivity index (χ4v) is 2.62. The van der Waals surface area contributed by atoms with E-state index in [4.69, 9.17) is 0 Å². The van der Waals surface area contributed by atoms with Gasteiger partial charge < -0.3 is 9.80 Å². The summed E-state index contributed by atoms with van der Waals surface area (Å²) in [5, 5.41) is 0. The van der Waals surface area contributed by atoms with Crippen LogP contribution in [0, 0.1) is 5.82 Å². The van der Waals surface area contributed by atoms with Gasteiger partial charge in [0, 0.05) is 24.7 Å². The summed E-state index contributed by atoms with van der Waals surface area (Å²) >= 11 is 0. The summed E-state index contributed by atoms with van der Waals surface area (Å²) < 4.78 is 12.9. The summed E-state index contributed by atoms with van der Waals surface area (Å²) in [5.74, 6) is -0.290. The van der Waals surface area contributed by atoms with Crippen LogP contribution in [0.5, 0.6) is 0 Å². The third kappa shape index (κ3) is 3.32. The molecule has 0 N–H and O–H groups in total. The van der Waals surface area contributed by atoms with E-state index in [9.17, 15) is 9.18 Å². The number of carbonyl (C=O) groups excluding carboxylic acids is 1. The van der Waals surface area contributed by atoms with Gasteiger partial charge in [-0.25, -0.2) is 4.39 Å². The van der Waals surface area contributed by atoms with Crippen LogP contribution in [0.2, 0.25) is 0 Å². The number of hydrogen-bond donors (Lipinski definition) is 0. The zero-order valence-corrected chi connectivity index (χ0v) is 11.6. The van der Waals surface area contributed by atoms with E-state index in [0.29, 0.717) is 5.56 Å². The molecular formula is C15H21FN2O. The smallest absolute Gasteiger partial charge is 0.254 e. The number of halogens is 1. The van der Waals surface area contributed by atoms with E-state index in [2.05, 4.69) is 18.9 Å². The van der Waals surface area contributed by atoms with Crippen molar-refractivity contribution in [3.8, 4) is 0 Å². The van der Waals surface area contributed by atoms with Crippen molar-refractivity contribution < 1.29 is 9.18 Å². The third-order valence-electron chi connectivity index (χ3n) is 3.73. The van der Waals surface area contributed by atoms with Gasteiger partial charge in [0.05, 0.1) is 0 Å². The second-order valence-electron chi connectivity index (χ2n) is 5.18. The highest BCUT2D eigenvalue weighted by Crippen LogP contribution is 2.16. The average molecular weight is 264 g/mol. The van der Waals surface area contributed by atoms with Crippen molar-refractivity contribution >= 4 is 5.91 Å². The van der Waals surface area contributed by atoms with Gasteiger partial charge in [-0.1, -0.05) is 6.92 Å². The summed E-state index contributed by atoms with van der Waals surface area (Å²) in [4.78, 5) is 16.7. The molecule has 104 valence electrons. The van der Waals surface area contributed by atoms with Crippen LogP contribution in [0.25, 0.3) is 0 Å². The lowest BCUT2D eigenvalue weighted by molar-refractivity contribution is 0.0675. The van der Waals surface area contributed by atoms with E-state index in [0.717, 1.165) is 32.5 Å². The van der Waals surface area contributed by atoms with E-state index < -0.39 is 0 Å². The second-order valence-corrected chi connectivity index (χ2v) is 5.18. The summed E-state index contributed by atoms with van der Waals surface area (Å²) in [5.41, 5.74) is 0.574. The minimum atomic E-state index is -0.306. The lowest BCUT2D eigenvalue weighted by Crippen LogP contribution is -2.43. The molecule has 1 aromatic rings. The van der Waals surface area contributed by atoms with Crippen molar-refractivity contribution in [3.63, 3.8) is 0 Å². The van der Waals surface area contributed by atoms with Gasteiger partial charge >= 0.3 is 0 Å². The summed E-state index contributed by atoms with van der Waals surface area (Å²) in [6, 6.07) is 6.07. The van der Waals surface area contributed by atoms with Crippen LogP contribution in [0.3, 0.4) is 0 Å². The SMILES string of the molecule is CCC1CN(C)CCCN1C(=O)c1ccc(F)cc1. The predicted molar refractivity (Wildman–Crippen MR) is 73.6 cm³/mol. The highest BCUT2D eigenvalue weighted by molar-refractivity contribution is 5.94. The zero-order chi connectivity index (χ0) is 13.8. The molecule has 0 saturated carbocycles. The Balaban J connectivity index is 2.17. The first-order valence-electron chi connectivity index (χ1n) is 6.87. The molecule has 0 radical (unpaired) electrons. The molecule has 0 aliphatic carbocycles. The van der Waals surface area contributed by atoms with Crippen LogP contribution in [0.1, 0.15) is 30.1 Å². The first-order chi connectivity index (χ1) is 9.11. The van der Waals surface area contributed by atoms with Crippen molar-refractivity contribution in [2.45, 2.75) is 25.8 Å². The van der Waals surface area contributed by atoms with Gasteiger partial charge in [-0.15, -0.1) is 0 Å². The normalized spacial score (nSPS) is 21.2. The molecule has 1 heterocycles. The monoisotopic (exact) mass is 264 g/mol. The van der Waals surface area contributed by atoms with E-state index in [1.165, 1.54) is 12.1 Å². The molecule has 1 atom stereocenters. The van der Waals surface area contributed by atoms with Crippen LogP contribution in [0.15, 0.2) is 24.3 Å². The Morgan fingerprint density at radius 3 is 2.63 bits per heavy atom. The molecule has 0 spiro atoms. The number of hydrogen-bond acceptors (Lipinski definition) is 2. The molecular weight excluding hydrogens is 243 g/mol. The number of rotatable bonds is 2. The van der Waals surface area contributed by atoms with Gasteiger partial charge in [-0.2, -0.15) is 0 Å². The Hall–Kier alpha value is -1.42. The van der Waals surface area contributed by atoms with Gasteiger partial charge in [-0.05, 0) is 50.7 Å². The van der Waals surface area contributed by atoms with E-state index >= 15 is 0 Å². The van der Waals surface area contributed by atoms with Crippen molar-refractivity contribution in [1.82, 2.24) is 9.80 Å². The fraction of sp³-hybridized carbons (Fsp3) is 0.533. The van der Waals surface area contributed by atoms with Gasteiger partial charge in [0.1, 0.15) is 5.82 Å². The molecule has 0 bridgehead atoms. The topological polar surface area (TPSA) is 23.6 Å². The molecule has 1 aromatic carbocycles. The van der Waals surface area contributed by atoms with Crippen LogP contribution in [-0.4, -0.2) is 48.4 Å². The Kier molecular flexibility index (Phi) is 4.53. The van der Waals surface area contributed by atoms with E-state index in [1.807, 2.05) is 4.90 Å². The van der Waals surface area contributed by atoms with Crippen molar-refractivity contribution in [1.29, 1.82) is 0 Å². The molecule has 4 heteroatoms. The fourth-order valence-electron chi connectivity index (χ4n) is 2.62. The maximum Gasteiger partial charge on any atom is 0.254 e. The quantitative estimate of drug-likeness (QED) is 0.819. The van der Waals surface area contributed by atoms with Crippen molar-refractivity contribution in [2.24, 2.45) is 0 Å². The summed E-state index contributed by atoms with van der Waals surface area (Å²) in [7, 11) is 2.09. The molecule has 1 saturated heterocycles. The molecule has 2 rings (SSSR count). The molecule has 0 aromatic heterocycles. The van der Waals surface area contributed by atoms with Crippen molar-refractivity contribution in [2.75, 3.05) is 26.7 Å². The molecule has 3 nitrogen and oxygen atoms in total. The number of carbonyl (C=O) groups is 1. The zero-order valence-electron chi connectivity index (χ0n) is 11.6. The lowest BCUT2D eigenvalue weighted by atomic mass is 10.1. The Morgan fingerprint density at radius 2 is 2.00 bits per heavy atom. The molecule has 1 unspecified atom stereocenters. The Labute approximate surface area is 114 Å². The minimum absolute atomic E-state index is 0.0159. The van der Waals surface area contributed by atoms with E-state index in [1.54, 1.807) is 12.1 Å². The maximum atomic E-state index is 12.9. The minimum Gasteiger partial charge on any atom is -0.334 e. The highest BCUT2D eigenvalue weighted by Gasteiger charge is 2.26. The first kappa shape index (κ1) is 14.0. The van der Waals surface area contributed by atoms with Crippen LogP contribution in [-0.2, 0) is 0 Å². The molecule has 1 aliphatic rings. The molecule has 19 heavy (non-hydrogen) atoms. The van der Waals surface area contributed by atoms with Gasteiger partial charge in [0.25, 0.3) is 5.91 Å². The third-order valence-corrected chi connectivity index (χ3v) is 3.73. The van der Waals surface area contributed by atoms with E-state index in [-0.39, 0.29) is 17.8 Å². The molecule has 1 fully saturated rings. The number of likely N-dealkylation sites (N-methyl/N-ethyl adjacent to an activating group) is 1. The van der Waals surface area contributed by atoms with Gasteiger partial charge in [-0.3, -0.25) is 4.79 Å². The average Bonchev–Trinajstić information content (AvgIpc) is 2.60. The van der Waals surface area contributed by atoms with Crippen molar-refractivity contribution in [3.05, 3.63) is 35.6 Å². The largest absolute Gasteiger partial charge is 0.334 e. The van der Waals surface area contributed by atoms with Crippen LogP contribution in [0.4, 0.5) is 4.39 Å². The Morgan fingerprint density at radius 1 is 1.32 bits per heavy atom. The number of benzene rings is 1. The Bertz CT molecular complexity index is 432. The first-order valence-corrected chi connectivity index (χ1v) is 6.87. The van der Waals surface area contributed by atoms with Gasteiger partial charge in [0.2, 0.25) is 0 Å². The summed E-state index contributed by atoms with van der Waals surface area (Å²) in [6.07, 6.45) is 1.93. The van der Waals surface area contributed by atoms with Crippen LogP contribution >= 0.6 is 0 Å². The summed E-state index contributed by atoms with van der Waals surface area (Å²) in [6.45, 7) is 4.81. The molecule has 1 amide bonds. The number of nitrogens with zero attached hydrogens (tertiary/aromatic N) is 2. The predicted octanol–water partition coefficient (Wildman–Crippen LogP) is 2.38. The molecule has 1 aliphatic heterocycles. The maximum absolute atomic E-state index is 12.9. The lowest BCUT2D eigenvalue weighted by Gasteiger charge is -2.30. The highest BCUT2D eigenvalue weighted by atomic mass is 19.1. The second kappa shape index (κ2) is 6.15. The number of amides is 1. The van der Waals surface area contributed by atoms with Gasteiger partial charge in [0.15, 0.2) is 0 Å². The standard InChI is InChI=1S/C15H21FN2O/c1-3-14-11-17(2)9-4-10-18(14)15(19)12-5-7-13(16)8-6-12/h5-8,14H,3-4,9-11H2,1-2H3.